The zero-order valence-corrected chi connectivity index (χ0v) is 12.1. The monoisotopic (exact) mass is 298 g/mol. The SMILES string of the molecule is Cc1cc(Br)cnc1N(CCC(=N)N)C(C)C. The summed E-state index contributed by atoms with van der Waals surface area (Å²) >= 11 is 3.41. The molecule has 0 amide bonds. The Morgan fingerprint density at radius 3 is 2.71 bits per heavy atom. The number of aromatic nitrogens is 1. The Morgan fingerprint density at radius 2 is 2.24 bits per heavy atom. The van der Waals surface area contributed by atoms with Crippen LogP contribution in [0.15, 0.2) is 16.7 Å². The lowest BCUT2D eigenvalue weighted by atomic mass is 10.2. The second kappa shape index (κ2) is 6.00. The molecule has 0 aromatic carbocycles. The minimum Gasteiger partial charge on any atom is -0.388 e. The molecule has 3 N–H and O–H groups in total. The van der Waals surface area contributed by atoms with E-state index in [2.05, 4.69) is 39.7 Å². The Bertz CT molecular complexity index is 403. The lowest BCUT2D eigenvalue weighted by Gasteiger charge is -2.29. The summed E-state index contributed by atoms with van der Waals surface area (Å²) in [6.45, 7) is 6.99. The minimum absolute atomic E-state index is 0.213. The molecule has 0 aliphatic rings. The standard InChI is InChI=1S/C12H19BrN4/c1-8(2)17(5-4-11(14)15)12-9(3)6-10(13)7-16-12/h6-8H,4-5H2,1-3H3,(H3,14,15). The quantitative estimate of drug-likeness (QED) is 0.649. The van der Waals surface area contributed by atoms with Gasteiger partial charge in [-0.1, -0.05) is 0 Å². The number of hydrogen-bond donors (Lipinski definition) is 2. The van der Waals surface area contributed by atoms with Gasteiger partial charge in [0.05, 0.1) is 5.84 Å². The Morgan fingerprint density at radius 1 is 1.59 bits per heavy atom. The van der Waals surface area contributed by atoms with Crippen LogP contribution in [-0.4, -0.2) is 23.4 Å². The van der Waals surface area contributed by atoms with E-state index >= 15 is 0 Å². The van der Waals surface area contributed by atoms with Crippen LogP contribution in [0.1, 0.15) is 25.8 Å². The summed E-state index contributed by atoms with van der Waals surface area (Å²) in [7, 11) is 0. The predicted molar refractivity (Wildman–Crippen MR) is 75.7 cm³/mol. The van der Waals surface area contributed by atoms with Crippen molar-refractivity contribution in [3.8, 4) is 0 Å². The Balaban J connectivity index is 2.93. The molecule has 0 spiro atoms. The van der Waals surface area contributed by atoms with E-state index in [0.29, 0.717) is 12.5 Å². The summed E-state index contributed by atoms with van der Waals surface area (Å²) in [5.41, 5.74) is 6.53. The molecule has 1 aromatic heterocycles. The van der Waals surface area contributed by atoms with Crippen LogP contribution in [0, 0.1) is 12.3 Å². The number of aryl methyl sites for hydroxylation is 1. The van der Waals surface area contributed by atoms with Gasteiger partial charge in [-0.15, -0.1) is 0 Å². The molecule has 0 radical (unpaired) electrons. The molecule has 17 heavy (non-hydrogen) atoms. The van der Waals surface area contributed by atoms with Crippen molar-refractivity contribution in [3.05, 3.63) is 22.3 Å². The molecule has 0 unspecified atom stereocenters. The van der Waals surface area contributed by atoms with Gasteiger partial charge in [0.15, 0.2) is 0 Å². The zero-order chi connectivity index (χ0) is 13.0. The van der Waals surface area contributed by atoms with E-state index in [1.54, 1.807) is 6.20 Å². The van der Waals surface area contributed by atoms with Crippen LogP contribution in [0.5, 0.6) is 0 Å². The summed E-state index contributed by atoms with van der Waals surface area (Å²) in [5.74, 6) is 1.18. The van der Waals surface area contributed by atoms with Crippen LogP contribution in [-0.2, 0) is 0 Å². The lowest BCUT2D eigenvalue weighted by Crippen LogP contribution is -2.35. The summed E-state index contributed by atoms with van der Waals surface area (Å²) in [6.07, 6.45) is 2.36. The summed E-state index contributed by atoms with van der Waals surface area (Å²) < 4.78 is 0.981. The highest BCUT2D eigenvalue weighted by molar-refractivity contribution is 9.10. The first-order valence-electron chi connectivity index (χ1n) is 5.63. The number of halogens is 1. The van der Waals surface area contributed by atoms with Crippen LogP contribution >= 0.6 is 15.9 Å². The van der Waals surface area contributed by atoms with Crippen LogP contribution in [0.3, 0.4) is 0 Å². The zero-order valence-electron chi connectivity index (χ0n) is 10.5. The highest BCUT2D eigenvalue weighted by Gasteiger charge is 2.14. The van der Waals surface area contributed by atoms with Crippen molar-refractivity contribution >= 4 is 27.6 Å². The molecule has 0 aliphatic carbocycles. The van der Waals surface area contributed by atoms with Gasteiger partial charge in [-0.25, -0.2) is 4.98 Å². The largest absolute Gasteiger partial charge is 0.388 e. The smallest absolute Gasteiger partial charge is 0.131 e. The highest BCUT2D eigenvalue weighted by Crippen LogP contribution is 2.22. The molecular weight excluding hydrogens is 280 g/mol. The van der Waals surface area contributed by atoms with Crippen molar-refractivity contribution < 1.29 is 0 Å². The summed E-state index contributed by atoms with van der Waals surface area (Å²) in [6, 6.07) is 2.38. The minimum atomic E-state index is 0.213. The maximum Gasteiger partial charge on any atom is 0.131 e. The molecule has 1 rings (SSSR count). The van der Waals surface area contributed by atoms with E-state index < -0.39 is 0 Å². The van der Waals surface area contributed by atoms with E-state index in [1.165, 1.54) is 0 Å². The molecule has 0 fully saturated rings. The Hall–Kier alpha value is -1.10. The molecule has 4 nitrogen and oxygen atoms in total. The van der Waals surface area contributed by atoms with Crippen molar-refractivity contribution in [2.45, 2.75) is 33.2 Å². The fourth-order valence-electron chi connectivity index (χ4n) is 1.68. The summed E-state index contributed by atoms with van der Waals surface area (Å²) in [4.78, 5) is 6.61. The third kappa shape index (κ3) is 4.00. The van der Waals surface area contributed by atoms with E-state index in [9.17, 15) is 0 Å². The number of amidine groups is 1. The third-order valence-corrected chi connectivity index (χ3v) is 2.97. The number of nitrogens with two attached hydrogens (primary N) is 1. The number of hydrogen-bond acceptors (Lipinski definition) is 3. The first-order valence-corrected chi connectivity index (χ1v) is 6.42. The molecule has 0 atom stereocenters. The Labute approximate surface area is 111 Å². The van der Waals surface area contributed by atoms with Crippen LogP contribution < -0.4 is 10.6 Å². The van der Waals surface area contributed by atoms with E-state index in [1.807, 2.05) is 13.0 Å². The number of nitrogens with zero attached hydrogens (tertiary/aromatic N) is 2. The molecule has 94 valence electrons. The van der Waals surface area contributed by atoms with Gasteiger partial charge in [-0.3, -0.25) is 5.41 Å². The number of nitrogens with one attached hydrogen (secondary N) is 1. The average molecular weight is 299 g/mol. The van der Waals surface area contributed by atoms with Crippen molar-refractivity contribution in [2.75, 3.05) is 11.4 Å². The van der Waals surface area contributed by atoms with E-state index in [4.69, 9.17) is 11.1 Å². The maximum absolute atomic E-state index is 7.30. The fraction of sp³-hybridized carbons (Fsp3) is 0.500. The lowest BCUT2D eigenvalue weighted by molar-refractivity contribution is 0.676. The number of rotatable bonds is 5. The van der Waals surface area contributed by atoms with Crippen molar-refractivity contribution in [2.24, 2.45) is 5.73 Å². The number of anilines is 1. The Kier molecular flexibility index (Phi) is 4.93. The maximum atomic E-state index is 7.30. The summed E-state index contributed by atoms with van der Waals surface area (Å²) in [5, 5.41) is 7.30. The van der Waals surface area contributed by atoms with Gasteiger partial charge in [0, 0.05) is 29.7 Å². The molecule has 0 saturated heterocycles. The second-order valence-corrected chi connectivity index (χ2v) is 5.27. The molecular formula is C12H19BrN4. The van der Waals surface area contributed by atoms with Gasteiger partial charge < -0.3 is 10.6 Å². The third-order valence-electron chi connectivity index (χ3n) is 2.53. The van der Waals surface area contributed by atoms with Crippen LogP contribution in [0.4, 0.5) is 5.82 Å². The molecule has 0 bridgehead atoms. The van der Waals surface area contributed by atoms with Gasteiger partial charge in [0.2, 0.25) is 0 Å². The molecule has 0 aliphatic heterocycles. The first-order chi connectivity index (χ1) is 7.91. The van der Waals surface area contributed by atoms with Gasteiger partial charge in [-0.2, -0.15) is 0 Å². The molecule has 5 heteroatoms. The highest BCUT2D eigenvalue weighted by atomic mass is 79.9. The predicted octanol–water partition coefficient (Wildman–Crippen LogP) is 2.69. The molecule has 1 heterocycles. The van der Waals surface area contributed by atoms with Crippen molar-refractivity contribution in [1.29, 1.82) is 5.41 Å². The fourth-order valence-corrected chi connectivity index (χ4v) is 2.13. The van der Waals surface area contributed by atoms with E-state index in [0.717, 1.165) is 22.4 Å². The molecule has 1 aromatic rings. The van der Waals surface area contributed by atoms with Crippen molar-refractivity contribution in [1.82, 2.24) is 4.98 Å². The average Bonchev–Trinajstić information content (AvgIpc) is 2.20. The van der Waals surface area contributed by atoms with Gasteiger partial charge in [-0.05, 0) is 48.3 Å². The van der Waals surface area contributed by atoms with Gasteiger partial charge in [0.1, 0.15) is 5.82 Å². The van der Waals surface area contributed by atoms with E-state index in [-0.39, 0.29) is 5.84 Å². The van der Waals surface area contributed by atoms with Crippen LogP contribution in [0.25, 0.3) is 0 Å². The first kappa shape index (κ1) is 14.0. The van der Waals surface area contributed by atoms with Crippen LogP contribution in [0.2, 0.25) is 0 Å². The second-order valence-electron chi connectivity index (χ2n) is 4.36. The normalized spacial score (nSPS) is 10.6. The molecule has 0 saturated carbocycles. The van der Waals surface area contributed by atoms with Gasteiger partial charge >= 0.3 is 0 Å². The topological polar surface area (TPSA) is 66.0 Å². The number of pyridine rings is 1. The van der Waals surface area contributed by atoms with Gasteiger partial charge in [0.25, 0.3) is 0 Å². The van der Waals surface area contributed by atoms with Crippen molar-refractivity contribution in [3.63, 3.8) is 0 Å².